The number of anilines is 1. The minimum absolute atomic E-state index is 0.0270. The molecule has 3 aromatic carbocycles. The van der Waals surface area contributed by atoms with Crippen LogP contribution in [0.1, 0.15) is 29.5 Å². The third-order valence-electron chi connectivity index (χ3n) is 6.29. The Labute approximate surface area is 203 Å². The van der Waals surface area contributed by atoms with Crippen LogP contribution in [0.2, 0.25) is 0 Å². The lowest BCUT2D eigenvalue weighted by Crippen LogP contribution is -2.42. The number of nitro groups is 1. The Kier molecular flexibility index (Phi) is 7.36. The predicted molar refractivity (Wildman–Crippen MR) is 130 cm³/mol. The summed E-state index contributed by atoms with van der Waals surface area (Å²) >= 11 is 0. The number of halogens is 1. The number of benzene rings is 3. The third-order valence-corrected chi connectivity index (χ3v) is 6.29. The van der Waals surface area contributed by atoms with Gasteiger partial charge in [-0.05, 0) is 54.3 Å². The Hall–Kier alpha value is -4.25. The van der Waals surface area contributed by atoms with Crippen molar-refractivity contribution in [1.82, 2.24) is 4.90 Å². The van der Waals surface area contributed by atoms with Crippen LogP contribution in [0.15, 0.2) is 72.8 Å². The minimum atomic E-state index is -0.384. The highest BCUT2D eigenvalue weighted by molar-refractivity contribution is 5.79. The van der Waals surface area contributed by atoms with Gasteiger partial charge in [-0.1, -0.05) is 36.4 Å². The number of hydrogen-bond acceptors (Lipinski definition) is 5. The number of nitrogens with zero attached hydrogens (tertiary/aromatic N) is 4. The summed E-state index contributed by atoms with van der Waals surface area (Å²) in [5.74, 6) is -0.618. The molecule has 1 aliphatic rings. The fourth-order valence-electron chi connectivity index (χ4n) is 4.48. The highest BCUT2D eigenvalue weighted by Crippen LogP contribution is 2.32. The molecular formula is C27H25FN4O3. The van der Waals surface area contributed by atoms with Gasteiger partial charge in [-0.2, -0.15) is 5.26 Å². The van der Waals surface area contributed by atoms with Crippen molar-refractivity contribution in [3.63, 3.8) is 0 Å². The smallest absolute Gasteiger partial charge is 0.292 e. The Morgan fingerprint density at radius 2 is 1.71 bits per heavy atom. The average Bonchev–Trinajstić information content (AvgIpc) is 2.88. The summed E-state index contributed by atoms with van der Waals surface area (Å²) in [6, 6.07) is 22.0. The number of nitro benzene ring substituents is 1. The first-order valence-electron chi connectivity index (χ1n) is 11.4. The zero-order chi connectivity index (χ0) is 24.8. The molecule has 1 saturated heterocycles. The van der Waals surface area contributed by atoms with Crippen LogP contribution in [0, 0.1) is 33.2 Å². The molecule has 1 aliphatic heterocycles. The molecule has 0 aliphatic carbocycles. The van der Waals surface area contributed by atoms with Gasteiger partial charge in [0.25, 0.3) is 5.69 Å². The molecule has 0 atom stereocenters. The van der Waals surface area contributed by atoms with Crippen molar-refractivity contribution in [3.8, 4) is 6.07 Å². The monoisotopic (exact) mass is 472 g/mol. The molecule has 8 heteroatoms. The van der Waals surface area contributed by atoms with Crippen LogP contribution < -0.4 is 4.90 Å². The molecule has 3 aromatic rings. The molecule has 178 valence electrons. The topological polar surface area (TPSA) is 90.5 Å². The Bertz CT molecular complexity index is 1250. The maximum atomic E-state index is 13.8. The lowest BCUT2D eigenvalue weighted by molar-refractivity contribution is -0.384. The molecule has 0 aromatic heterocycles. The van der Waals surface area contributed by atoms with Crippen LogP contribution >= 0.6 is 0 Å². The van der Waals surface area contributed by atoms with Crippen molar-refractivity contribution in [2.45, 2.75) is 25.9 Å². The summed E-state index contributed by atoms with van der Waals surface area (Å²) in [6.45, 7) is 1.67. The molecule has 0 N–H and O–H groups in total. The quantitative estimate of drug-likeness (QED) is 0.355. The van der Waals surface area contributed by atoms with Gasteiger partial charge in [0.05, 0.1) is 16.6 Å². The maximum Gasteiger partial charge on any atom is 0.292 e. The van der Waals surface area contributed by atoms with Gasteiger partial charge < -0.3 is 9.80 Å². The van der Waals surface area contributed by atoms with Crippen molar-refractivity contribution < 1.29 is 14.1 Å². The van der Waals surface area contributed by atoms with Gasteiger partial charge >= 0.3 is 0 Å². The van der Waals surface area contributed by atoms with Gasteiger partial charge in [0.15, 0.2) is 0 Å². The summed E-state index contributed by atoms with van der Waals surface area (Å²) in [5.41, 5.74) is 2.75. The number of nitriles is 1. The highest BCUT2D eigenvalue weighted by Gasteiger charge is 2.31. The van der Waals surface area contributed by atoms with E-state index < -0.39 is 0 Å². The molecule has 0 unspecified atom stereocenters. The van der Waals surface area contributed by atoms with Crippen molar-refractivity contribution in [2.75, 3.05) is 18.0 Å². The van der Waals surface area contributed by atoms with E-state index in [-0.39, 0.29) is 34.8 Å². The van der Waals surface area contributed by atoms with E-state index in [1.807, 2.05) is 17.0 Å². The molecule has 4 rings (SSSR count). The van der Waals surface area contributed by atoms with E-state index in [4.69, 9.17) is 5.26 Å². The first-order valence-corrected chi connectivity index (χ1v) is 11.4. The summed E-state index contributed by atoms with van der Waals surface area (Å²) in [5, 5.41) is 20.5. The van der Waals surface area contributed by atoms with E-state index >= 15 is 0 Å². The van der Waals surface area contributed by atoms with E-state index in [1.165, 1.54) is 18.2 Å². The van der Waals surface area contributed by atoms with Crippen LogP contribution in [0.3, 0.4) is 0 Å². The summed E-state index contributed by atoms with van der Waals surface area (Å²) in [4.78, 5) is 28.3. The second kappa shape index (κ2) is 10.8. The summed E-state index contributed by atoms with van der Waals surface area (Å²) in [6.07, 6.45) is 1.13. The number of carbonyl (C=O) groups is 1. The molecule has 7 nitrogen and oxygen atoms in total. The fraction of sp³-hybridized carbons (Fsp3) is 0.259. The van der Waals surface area contributed by atoms with Gasteiger partial charge in [-0.25, -0.2) is 4.39 Å². The van der Waals surface area contributed by atoms with Crippen LogP contribution in [0.25, 0.3) is 0 Å². The van der Waals surface area contributed by atoms with E-state index in [0.717, 1.165) is 5.56 Å². The number of rotatable bonds is 7. The zero-order valence-electron chi connectivity index (χ0n) is 19.1. The number of amides is 1. The van der Waals surface area contributed by atoms with E-state index in [9.17, 15) is 19.3 Å². The zero-order valence-corrected chi connectivity index (χ0v) is 19.1. The number of piperidine rings is 1. The molecular weight excluding hydrogens is 447 g/mol. The fourth-order valence-corrected chi connectivity index (χ4v) is 4.48. The lowest BCUT2D eigenvalue weighted by Gasteiger charge is -2.35. The molecule has 1 amide bonds. The Morgan fingerprint density at radius 3 is 2.37 bits per heavy atom. The van der Waals surface area contributed by atoms with Gasteiger partial charge in [-0.3, -0.25) is 14.9 Å². The first kappa shape index (κ1) is 23.9. The number of hydrogen-bond donors (Lipinski definition) is 0. The Balaban J connectivity index is 1.49. The van der Waals surface area contributed by atoms with Crippen molar-refractivity contribution in [1.29, 1.82) is 5.26 Å². The van der Waals surface area contributed by atoms with E-state index in [0.29, 0.717) is 49.3 Å². The second-order valence-corrected chi connectivity index (χ2v) is 8.64. The predicted octanol–water partition coefficient (Wildman–Crippen LogP) is 5.05. The molecule has 1 heterocycles. The maximum absolute atomic E-state index is 13.8. The molecule has 0 spiro atoms. The normalized spacial score (nSPS) is 13.8. The lowest BCUT2D eigenvalue weighted by atomic mass is 9.94. The number of para-hydroxylation sites is 2. The molecule has 0 radical (unpaired) electrons. The Morgan fingerprint density at radius 1 is 1.03 bits per heavy atom. The van der Waals surface area contributed by atoms with Crippen LogP contribution in [0.5, 0.6) is 0 Å². The second-order valence-electron chi connectivity index (χ2n) is 8.64. The molecule has 0 bridgehead atoms. The summed E-state index contributed by atoms with van der Waals surface area (Å²) < 4.78 is 13.8. The van der Waals surface area contributed by atoms with E-state index in [2.05, 4.69) is 6.07 Å². The minimum Gasteiger partial charge on any atom is -0.366 e. The van der Waals surface area contributed by atoms with Crippen LogP contribution in [-0.2, 0) is 17.9 Å². The van der Waals surface area contributed by atoms with Crippen LogP contribution in [0.4, 0.5) is 15.8 Å². The highest BCUT2D eigenvalue weighted by atomic mass is 19.1. The van der Waals surface area contributed by atoms with Gasteiger partial charge in [-0.15, -0.1) is 0 Å². The van der Waals surface area contributed by atoms with Crippen molar-refractivity contribution >= 4 is 17.3 Å². The standard InChI is InChI=1S/C27H25FN4O3/c28-24-5-3-4-22(16-24)19-31(18-21-10-8-20(17-29)9-11-21)27(33)23-12-14-30(15-13-23)25-6-1-2-7-26(25)32(34)35/h1-11,16,23H,12-15,18-19H2. The molecule has 1 fully saturated rings. The molecule has 0 saturated carbocycles. The van der Waals surface area contributed by atoms with Gasteiger partial charge in [0.2, 0.25) is 5.91 Å². The van der Waals surface area contributed by atoms with Crippen molar-refractivity contribution in [2.24, 2.45) is 5.92 Å². The largest absolute Gasteiger partial charge is 0.366 e. The van der Waals surface area contributed by atoms with Crippen molar-refractivity contribution in [3.05, 3.63) is 105 Å². The number of carbonyl (C=O) groups excluding carboxylic acids is 1. The first-order chi connectivity index (χ1) is 16.9. The van der Waals surface area contributed by atoms with E-state index in [1.54, 1.807) is 47.4 Å². The SMILES string of the molecule is N#Cc1ccc(CN(Cc2cccc(F)c2)C(=O)C2CCN(c3ccccc3[N+](=O)[O-])CC2)cc1. The van der Waals surface area contributed by atoms with Gasteiger partial charge in [0.1, 0.15) is 11.5 Å². The van der Waals surface area contributed by atoms with Gasteiger partial charge in [0, 0.05) is 38.2 Å². The molecule has 35 heavy (non-hydrogen) atoms. The average molecular weight is 473 g/mol. The third kappa shape index (κ3) is 5.82. The van der Waals surface area contributed by atoms with Crippen LogP contribution in [-0.4, -0.2) is 28.8 Å². The summed E-state index contributed by atoms with van der Waals surface area (Å²) in [7, 11) is 0.